The molecule has 5 nitrogen and oxygen atoms in total. The molecule has 1 aromatic heterocycles. The van der Waals surface area contributed by atoms with Gasteiger partial charge in [-0.2, -0.15) is 0 Å². The summed E-state index contributed by atoms with van der Waals surface area (Å²) in [6.07, 6.45) is 0.928. The van der Waals surface area contributed by atoms with Crippen LogP contribution >= 0.6 is 23.7 Å². The van der Waals surface area contributed by atoms with E-state index in [4.69, 9.17) is 4.74 Å². The number of hydrogen-bond donors (Lipinski definition) is 1. The Morgan fingerprint density at radius 2 is 2.00 bits per heavy atom. The average molecular weight is 390 g/mol. The van der Waals surface area contributed by atoms with E-state index in [-0.39, 0.29) is 18.3 Å². The lowest BCUT2D eigenvalue weighted by Gasteiger charge is -2.20. The van der Waals surface area contributed by atoms with Crippen LogP contribution in [-0.4, -0.2) is 36.5 Å². The third-order valence-corrected chi connectivity index (χ3v) is 5.45. The maximum atomic E-state index is 12.8. The molecule has 26 heavy (non-hydrogen) atoms. The van der Waals surface area contributed by atoms with Crippen molar-refractivity contribution in [1.29, 1.82) is 0 Å². The zero-order chi connectivity index (χ0) is 17.4. The predicted octanol–water partition coefficient (Wildman–Crippen LogP) is 3.97. The van der Waals surface area contributed by atoms with Gasteiger partial charge in [0.15, 0.2) is 5.13 Å². The summed E-state index contributed by atoms with van der Waals surface area (Å²) in [5.74, 6) is 0.374. The highest BCUT2D eigenvalue weighted by molar-refractivity contribution is 7.15. The number of carbonyl (C=O) groups excluding carboxylic acids is 1. The minimum absolute atomic E-state index is 0. The molecule has 1 aliphatic rings. The molecule has 0 bridgehead atoms. The monoisotopic (exact) mass is 389 g/mol. The summed E-state index contributed by atoms with van der Waals surface area (Å²) >= 11 is 1.55. The predicted molar refractivity (Wildman–Crippen MR) is 108 cm³/mol. The first kappa shape index (κ1) is 18.6. The molecule has 4 rings (SSSR count). The lowest BCUT2D eigenvalue weighted by Crippen LogP contribution is -2.25. The Morgan fingerprint density at radius 1 is 1.27 bits per heavy atom. The van der Waals surface area contributed by atoms with E-state index >= 15 is 0 Å². The van der Waals surface area contributed by atoms with Crippen LogP contribution in [0.5, 0.6) is 5.75 Å². The van der Waals surface area contributed by atoms with E-state index in [0.717, 1.165) is 36.0 Å². The van der Waals surface area contributed by atoms with Crippen molar-refractivity contribution in [3.63, 3.8) is 0 Å². The summed E-state index contributed by atoms with van der Waals surface area (Å²) in [7, 11) is 3.68. The SMILES string of the molecule is COc1cc2ccccc2cc1C(=O)Nc1nc2c(s1)CN(C)CC2.Cl. The summed E-state index contributed by atoms with van der Waals surface area (Å²) in [4.78, 5) is 20.9. The van der Waals surface area contributed by atoms with E-state index in [1.54, 1.807) is 18.4 Å². The Kier molecular flexibility index (Phi) is 5.46. The number of aromatic nitrogens is 1. The van der Waals surface area contributed by atoms with E-state index in [1.165, 1.54) is 4.88 Å². The molecule has 0 radical (unpaired) electrons. The number of nitrogens with zero attached hydrogens (tertiary/aromatic N) is 2. The topological polar surface area (TPSA) is 54.5 Å². The molecule has 0 saturated carbocycles. The number of nitrogens with one attached hydrogen (secondary N) is 1. The maximum Gasteiger partial charge on any atom is 0.261 e. The first-order chi connectivity index (χ1) is 12.1. The van der Waals surface area contributed by atoms with Crippen molar-refractivity contribution in [2.24, 2.45) is 0 Å². The van der Waals surface area contributed by atoms with Gasteiger partial charge in [-0.15, -0.1) is 23.7 Å². The molecule has 7 heteroatoms. The molecule has 2 aromatic carbocycles. The fraction of sp³-hybridized carbons (Fsp3) is 0.263. The Morgan fingerprint density at radius 3 is 2.73 bits per heavy atom. The number of hydrogen-bond acceptors (Lipinski definition) is 5. The summed E-state index contributed by atoms with van der Waals surface area (Å²) in [5.41, 5.74) is 1.62. The van der Waals surface area contributed by atoms with Gasteiger partial charge in [-0.3, -0.25) is 10.1 Å². The van der Waals surface area contributed by atoms with Gasteiger partial charge >= 0.3 is 0 Å². The Labute approximate surface area is 162 Å². The van der Waals surface area contributed by atoms with E-state index in [0.29, 0.717) is 16.4 Å². The van der Waals surface area contributed by atoms with E-state index in [2.05, 4.69) is 22.2 Å². The first-order valence-electron chi connectivity index (χ1n) is 8.19. The molecular formula is C19H20ClN3O2S. The van der Waals surface area contributed by atoms with E-state index < -0.39 is 0 Å². The number of likely N-dealkylation sites (N-methyl/N-ethyl adjacent to an activating group) is 1. The van der Waals surface area contributed by atoms with Crippen LogP contribution in [0.1, 0.15) is 20.9 Å². The van der Waals surface area contributed by atoms with Crippen molar-refractivity contribution in [3.05, 3.63) is 52.5 Å². The van der Waals surface area contributed by atoms with Crippen LogP contribution in [-0.2, 0) is 13.0 Å². The van der Waals surface area contributed by atoms with Crippen molar-refractivity contribution >= 4 is 45.6 Å². The molecule has 0 fully saturated rings. The average Bonchev–Trinajstić information content (AvgIpc) is 3.01. The van der Waals surface area contributed by atoms with Gasteiger partial charge in [0.1, 0.15) is 5.75 Å². The molecule has 1 N–H and O–H groups in total. The molecule has 0 saturated heterocycles. The number of thiazole rings is 1. The normalized spacial score (nSPS) is 13.8. The molecule has 0 spiro atoms. The van der Waals surface area contributed by atoms with Gasteiger partial charge in [-0.05, 0) is 30.0 Å². The van der Waals surface area contributed by atoms with Crippen LogP contribution in [0.3, 0.4) is 0 Å². The number of methoxy groups -OCH3 is 1. The number of fused-ring (bicyclic) bond motifs is 2. The van der Waals surface area contributed by atoms with Crippen LogP contribution in [0, 0.1) is 0 Å². The van der Waals surface area contributed by atoms with Crippen molar-refractivity contribution in [1.82, 2.24) is 9.88 Å². The highest BCUT2D eigenvalue weighted by atomic mass is 35.5. The Hall–Kier alpha value is -2.15. The van der Waals surface area contributed by atoms with Crippen molar-refractivity contribution < 1.29 is 9.53 Å². The van der Waals surface area contributed by atoms with Crippen LogP contribution < -0.4 is 10.1 Å². The second-order valence-electron chi connectivity index (χ2n) is 6.23. The van der Waals surface area contributed by atoms with Crippen molar-refractivity contribution in [3.8, 4) is 5.75 Å². The molecule has 0 atom stereocenters. The van der Waals surface area contributed by atoms with Crippen LogP contribution in [0.15, 0.2) is 36.4 Å². The highest BCUT2D eigenvalue weighted by Gasteiger charge is 2.20. The van der Waals surface area contributed by atoms with Crippen LogP contribution in [0.4, 0.5) is 5.13 Å². The standard InChI is InChI=1S/C19H19N3O2S.ClH/c1-22-8-7-15-17(11-22)25-19(20-15)21-18(23)14-9-12-5-3-4-6-13(12)10-16(14)24-2;/h3-6,9-10H,7-8,11H2,1-2H3,(H,20,21,23);1H. The molecule has 1 aliphatic heterocycles. The fourth-order valence-electron chi connectivity index (χ4n) is 3.11. The third kappa shape index (κ3) is 3.53. The molecule has 1 amide bonds. The van der Waals surface area contributed by atoms with Crippen molar-refractivity contribution in [2.45, 2.75) is 13.0 Å². The zero-order valence-corrected chi connectivity index (χ0v) is 16.2. The number of ether oxygens (including phenoxy) is 1. The Bertz CT molecular complexity index is 957. The zero-order valence-electron chi connectivity index (χ0n) is 14.6. The quantitative estimate of drug-likeness (QED) is 0.736. The van der Waals surface area contributed by atoms with Gasteiger partial charge in [-0.1, -0.05) is 24.3 Å². The smallest absolute Gasteiger partial charge is 0.261 e. The second-order valence-corrected chi connectivity index (χ2v) is 7.31. The molecule has 0 unspecified atom stereocenters. The molecular weight excluding hydrogens is 370 g/mol. The number of rotatable bonds is 3. The Balaban J connectivity index is 0.00000196. The van der Waals surface area contributed by atoms with E-state index in [9.17, 15) is 4.79 Å². The lowest BCUT2D eigenvalue weighted by atomic mass is 10.1. The van der Waals surface area contributed by atoms with Crippen LogP contribution in [0.25, 0.3) is 10.8 Å². The number of benzene rings is 2. The number of halogens is 1. The van der Waals surface area contributed by atoms with Gasteiger partial charge in [0.2, 0.25) is 0 Å². The van der Waals surface area contributed by atoms with Gasteiger partial charge < -0.3 is 9.64 Å². The van der Waals surface area contributed by atoms with Gasteiger partial charge in [-0.25, -0.2) is 4.98 Å². The lowest BCUT2D eigenvalue weighted by molar-refractivity contribution is 0.102. The number of amides is 1. The largest absolute Gasteiger partial charge is 0.496 e. The molecule has 136 valence electrons. The third-order valence-electron chi connectivity index (χ3n) is 4.46. The highest BCUT2D eigenvalue weighted by Crippen LogP contribution is 2.30. The van der Waals surface area contributed by atoms with Gasteiger partial charge in [0, 0.05) is 24.4 Å². The molecule has 3 aromatic rings. The fourth-order valence-corrected chi connectivity index (χ4v) is 4.19. The summed E-state index contributed by atoms with van der Waals surface area (Å²) in [6.45, 7) is 1.89. The molecule has 0 aliphatic carbocycles. The molecule has 2 heterocycles. The van der Waals surface area contributed by atoms with Crippen molar-refractivity contribution in [2.75, 3.05) is 26.0 Å². The van der Waals surface area contributed by atoms with E-state index in [1.807, 2.05) is 36.4 Å². The maximum absolute atomic E-state index is 12.8. The minimum Gasteiger partial charge on any atom is -0.496 e. The number of carbonyl (C=O) groups is 1. The first-order valence-corrected chi connectivity index (χ1v) is 9.01. The van der Waals surface area contributed by atoms with Gasteiger partial charge in [0.05, 0.1) is 18.4 Å². The summed E-state index contributed by atoms with van der Waals surface area (Å²) in [5, 5.41) is 5.65. The van der Waals surface area contributed by atoms with Crippen LogP contribution in [0.2, 0.25) is 0 Å². The second kappa shape index (κ2) is 7.61. The van der Waals surface area contributed by atoms with Gasteiger partial charge in [0.25, 0.3) is 5.91 Å². The summed E-state index contributed by atoms with van der Waals surface area (Å²) < 4.78 is 5.42. The summed E-state index contributed by atoms with van der Waals surface area (Å²) in [6, 6.07) is 11.7. The minimum atomic E-state index is -0.193. The number of anilines is 1.